The molecule has 0 aromatic carbocycles. The van der Waals surface area contributed by atoms with Crippen LogP contribution in [0.3, 0.4) is 0 Å². The molecule has 5 N–H and O–H groups in total. The highest BCUT2D eigenvalue weighted by atomic mass is 19.1. The quantitative estimate of drug-likeness (QED) is 0.249. The van der Waals surface area contributed by atoms with Gasteiger partial charge in [-0.25, -0.2) is 9.18 Å². The van der Waals surface area contributed by atoms with E-state index in [-0.39, 0.29) is 11.7 Å². The molecule has 0 bridgehead atoms. The highest BCUT2D eigenvalue weighted by molar-refractivity contribution is 5.75. The minimum atomic E-state index is -2.83. The Kier molecular flexibility index (Phi) is 5.70. The molecule has 1 aromatic heterocycles. The van der Waals surface area contributed by atoms with E-state index in [2.05, 4.69) is 15.0 Å². The SMILES string of the molecule is CC(C)C(N)C(=O)OCC1(N=[N+]=[N-])OC[C@](F)(n2ccc(N)nc2=O)[C@@H]1O. The Balaban J connectivity index is 2.32. The summed E-state index contributed by atoms with van der Waals surface area (Å²) in [4.78, 5) is 29.8. The van der Waals surface area contributed by atoms with Gasteiger partial charge in [0.05, 0.1) is 0 Å². The Morgan fingerprint density at radius 3 is 2.93 bits per heavy atom. The number of esters is 1. The molecular weight excluding hydrogens is 365 g/mol. The summed E-state index contributed by atoms with van der Waals surface area (Å²) < 4.78 is 26.0. The number of rotatable bonds is 6. The summed E-state index contributed by atoms with van der Waals surface area (Å²) in [6, 6.07) is 0.163. The van der Waals surface area contributed by atoms with E-state index in [0.29, 0.717) is 4.57 Å². The predicted octanol–water partition coefficient (Wildman–Crippen LogP) is -0.628. The summed E-state index contributed by atoms with van der Waals surface area (Å²) in [5.41, 5.74) is 16.4. The number of anilines is 1. The third-order valence-electron chi connectivity index (χ3n) is 4.22. The molecule has 4 atom stereocenters. The summed E-state index contributed by atoms with van der Waals surface area (Å²) in [7, 11) is 0. The number of halogens is 1. The number of aromatic nitrogens is 2. The van der Waals surface area contributed by atoms with Crippen LogP contribution >= 0.6 is 0 Å². The molecule has 148 valence electrons. The van der Waals surface area contributed by atoms with Crippen molar-refractivity contribution < 1.29 is 23.8 Å². The smallest absolute Gasteiger partial charge is 0.352 e. The number of ether oxygens (including phenoxy) is 2. The third-order valence-corrected chi connectivity index (χ3v) is 4.22. The van der Waals surface area contributed by atoms with Crippen LogP contribution in [-0.4, -0.2) is 51.7 Å². The lowest BCUT2D eigenvalue weighted by Crippen LogP contribution is -2.53. The van der Waals surface area contributed by atoms with Gasteiger partial charge in [-0.15, -0.1) is 0 Å². The molecule has 2 rings (SSSR count). The van der Waals surface area contributed by atoms with Crippen molar-refractivity contribution in [3.63, 3.8) is 0 Å². The van der Waals surface area contributed by atoms with Crippen molar-refractivity contribution in [1.29, 1.82) is 0 Å². The highest BCUT2D eigenvalue weighted by Crippen LogP contribution is 2.40. The average Bonchev–Trinajstić information content (AvgIpc) is 2.85. The fraction of sp³-hybridized carbons (Fsp3) is 0.643. The van der Waals surface area contributed by atoms with Gasteiger partial charge in [0.15, 0.2) is 0 Å². The molecule has 1 aliphatic heterocycles. The van der Waals surface area contributed by atoms with E-state index < -0.39 is 48.5 Å². The summed E-state index contributed by atoms with van der Waals surface area (Å²) >= 11 is 0. The van der Waals surface area contributed by atoms with E-state index in [9.17, 15) is 14.7 Å². The van der Waals surface area contributed by atoms with Gasteiger partial charge in [0.25, 0.3) is 0 Å². The number of nitrogen functional groups attached to an aromatic ring is 1. The number of carbonyl (C=O) groups is 1. The molecule has 2 unspecified atom stereocenters. The second-order valence-corrected chi connectivity index (χ2v) is 6.43. The zero-order chi connectivity index (χ0) is 20.4. The van der Waals surface area contributed by atoms with E-state index in [1.165, 1.54) is 0 Å². The van der Waals surface area contributed by atoms with Crippen LogP contribution in [0.15, 0.2) is 22.2 Å². The van der Waals surface area contributed by atoms with Crippen molar-refractivity contribution in [1.82, 2.24) is 9.55 Å². The number of azide groups is 1. The molecule has 12 nitrogen and oxygen atoms in total. The highest BCUT2D eigenvalue weighted by Gasteiger charge is 2.61. The second-order valence-electron chi connectivity index (χ2n) is 6.43. The van der Waals surface area contributed by atoms with Crippen LogP contribution in [0.5, 0.6) is 0 Å². The Morgan fingerprint density at radius 1 is 1.70 bits per heavy atom. The fourth-order valence-corrected chi connectivity index (χ4v) is 2.48. The average molecular weight is 385 g/mol. The van der Waals surface area contributed by atoms with Crippen LogP contribution in [0.1, 0.15) is 13.8 Å². The van der Waals surface area contributed by atoms with Gasteiger partial charge in [-0.2, -0.15) is 4.98 Å². The Bertz CT molecular complexity index is 826. The first-order valence-corrected chi connectivity index (χ1v) is 7.92. The maximum Gasteiger partial charge on any atom is 0.352 e. The van der Waals surface area contributed by atoms with Crippen LogP contribution in [0.25, 0.3) is 10.4 Å². The molecule has 1 saturated heterocycles. The van der Waals surface area contributed by atoms with Gasteiger partial charge in [-0.05, 0) is 17.5 Å². The van der Waals surface area contributed by atoms with E-state index in [0.717, 1.165) is 12.3 Å². The van der Waals surface area contributed by atoms with Crippen LogP contribution in [-0.2, 0) is 20.1 Å². The van der Waals surface area contributed by atoms with E-state index >= 15 is 4.39 Å². The number of nitrogens with zero attached hydrogens (tertiary/aromatic N) is 5. The largest absolute Gasteiger partial charge is 0.461 e. The predicted molar refractivity (Wildman–Crippen MR) is 89.6 cm³/mol. The van der Waals surface area contributed by atoms with E-state index in [1.807, 2.05) is 0 Å². The first-order valence-electron chi connectivity index (χ1n) is 7.92. The Hall–Kier alpha value is -2.73. The van der Waals surface area contributed by atoms with E-state index in [4.69, 9.17) is 26.5 Å². The zero-order valence-corrected chi connectivity index (χ0v) is 14.6. The number of hydrogen-bond donors (Lipinski definition) is 3. The lowest BCUT2D eigenvalue weighted by molar-refractivity contribution is -0.161. The number of nitrogens with two attached hydrogens (primary N) is 2. The van der Waals surface area contributed by atoms with Crippen molar-refractivity contribution >= 4 is 11.8 Å². The molecule has 0 saturated carbocycles. The topological polar surface area (TPSA) is 191 Å². The summed E-state index contributed by atoms with van der Waals surface area (Å²) in [6.45, 7) is 1.69. The normalized spacial score (nSPS) is 28.6. The molecule has 27 heavy (non-hydrogen) atoms. The summed E-state index contributed by atoms with van der Waals surface area (Å²) in [5, 5.41) is 13.8. The third kappa shape index (κ3) is 3.71. The molecule has 0 aliphatic carbocycles. The zero-order valence-electron chi connectivity index (χ0n) is 14.6. The van der Waals surface area contributed by atoms with Crippen LogP contribution in [0, 0.1) is 5.92 Å². The van der Waals surface area contributed by atoms with Crippen LogP contribution in [0.4, 0.5) is 10.2 Å². The molecule has 2 heterocycles. The van der Waals surface area contributed by atoms with Crippen molar-refractivity contribution in [2.75, 3.05) is 18.9 Å². The van der Waals surface area contributed by atoms with Gasteiger partial charge < -0.3 is 26.0 Å². The molecule has 1 aliphatic rings. The maximum absolute atomic E-state index is 15.4. The molecule has 1 fully saturated rings. The minimum absolute atomic E-state index is 0.147. The van der Waals surface area contributed by atoms with Gasteiger partial charge in [0.2, 0.25) is 11.5 Å². The Morgan fingerprint density at radius 2 is 2.37 bits per heavy atom. The molecule has 1 aromatic rings. The standard InChI is InChI=1S/C14H20FN7O5/c1-7(2)9(17)10(23)26-6-14(20-21-18)11(24)13(15,5-27-14)22-4-3-8(16)19-12(22)25/h3-4,7,9,11,24H,5-6,17H2,1-2H3,(H2,16,19,25)/t9?,11-,13-,14?/m0/s1. The monoisotopic (exact) mass is 385 g/mol. The van der Waals surface area contributed by atoms with Crippen molar-refractivity contribution in [3.05, 3.63) is 33.2 Å². The van der Waals surface area contributed by atoms with Crippen molar-refractivity contribution in [2.45, 2.75) is 37.5 Å². The Labute approximate surface area is 152 Å². The van der Waals surface area contributed by atoms with Crippen LogP contribution in [0.2, 0.25) is 0 Å². The number of carbonyl (C=O) groups excluding carboxylic acids is 1. The number of hydrogen-bond acceptors (Lipinski definition) is 9. The lowest BCUT2D eigenvalue weighted by atomic mass is 10.0. The molecule has 0 radical (unpaired) electrons. The van der Waals surface area contributed by atoms with Gasteiger partial charge in [0.1, 0.15) is 31.2 Å². The van der Waals surface area contributed by atoms with Crippen molar-refractivity contribution in [2.24, 2.45) is 16.8 Å². The van der Waals surface area contributed by atoms with Gasteiger partial charge in [-0.1, -0.05) is 19.0 Å². The van der Waals surface area contributed by atoms with Gasteiger partial charge in [-0.3, -0.25) is 9.36 Å². The minimum Gasteiger partial charge on any atom is -0.461 e. The van der Waals surface area contributed by atoms with Crippen LogP contribution < -0.4 is 17.2 Å². The fourth-order valence-electron chi connectivity index (χ4n) is 2.48. The lowest BCUT2D eigenvalue weighted by Gasteiger charge is -2.30. The molecule has 0 spiro atoms. The summed E-state index contributed by atoms with van der Waals surface area (Å²) in [5.74, 6) is -4.08. The first-order chi connectivity index (χ1) is 12.6. The number of aliphatic hydroxyl groups is 1. The number of alkyl halides is 1. The van der Waals surface area contributed by atoms with Gasteiger partial charge in [0, 0.05) is 11.1 Å². The second kappa shape index (κ2) is 7.48. The number of aliphatic hydroxyl groups excluding tert-OH is 1. The molecule has 0 amide bonds. The van der Waals surface area contributed by atoms with Crippen molar-refractivity contribution in [3.8, 4) is 0 Å². The van der Waals surface area contributed by atoms with E-state index in [1.54, 1.807) is 13.8 Å². The summed E-state index contributed by atoms with van der Waals surface area (Å²) in [6.07, 6.45) is -1.21. The maximum atomic E-state index is 15.4. The first kappa shape index (κ1) is 20.6. The molecule has 13 heteroatoms. The van der Waals surface area contributed by atoms with Gasteiger partial charge >= 0.3 is 11.7 Å². The molecular formula is C14H20FN7O5.